The van der Waals surface area contributed by atoms with E-state index in [1.54, 1.807) is 49.0 Å². The normalized spacial score (nSPS) is 17.4. The number of anilines is 2. The summed E-state index contributed by atoms with van der Waals surface area (Å²) in [6, 6.07) is 13.9. The van der Waals surface area contributed by atoms with Crippen LogP contribution in [0.5, 0.6) is 0 Å². The smallest absolute Gasteiger partial charge is 0.264 e. The number of rotatable bonds is 4. The molecule has 1 heterocycles. The van der Waals surface area contributed by atoms with E-state index >= 15 is 0 Å². The molecular weight excluding hydrogens is 356 g/mol. The van der Waals surface area contributed by atoms with Gasteiger partial charge in [-0.05, 0) is 37.3 Å². The molecule has 5 nitrogen and oxygen atoms in total. The first-order valence-electron chi connectivity index (χ1n) is 8.09. The van der Waals surface area contributed by atoms with Gasteiger partial charge < -0.3 is 5.32 Å². The molecular formula is C18H20N2O3S2. The van der Waals surface area contributed by atoms with E-state index in [0.29, 0.717) is 23.7 Å². The van der Waals surface area contributed by atoms with Crippen LogP contribution in [0.15, 0.2) is 58.3 Å². The Bertz CT molecular complexity index is 882. The van der Waals surface area contributed by atoms with Gasteiger partial charge in [0.1, 0.15) is 0 Å². The summed E-state index contributed by atoms with van der Waals surface area (Å²) in [4.78, 5) is 13.1. The maximum absolute atomic E-state index is 13.1. The number of fused-ring (bicyclic) bond motifs is 1. The first-order valence-corrected chi connectivity index (χ1v) is 10.5. The fourth-order valence-corrected chi connectivity index (χ4v) is 5.16. The summed E-state index contributed by atoms with van der Waals surface area (Å²) in [7, 11) is -3.71. The number of sulfonamides is 1. The predicted molar refractivity (Wildman–Crippen MR) is 102 cm³/mol. The maximum Gasteiger partial charge on any atom is 0.264 e. The second kappa shape index (κ2) is 7.09. The number of nitrogens with zero attached hydrogens (tertiary/aromatic N) is 1. The zero-order valence-corrected chi connectivity index (χ0v) is 15.7. The first-order chi connectivity index (χ1) is 11.9. The lowest BCUT2D eigenvalue weighted by molar-refractivity contribution is -0.118. The summed E-state index contributed by atoms with van der Waals surface area (Å²) in [5, 5.41) is 2.84. The van der Waals surface area contributed by atoms with Gasteiger partial charge in [0.2, 0.25) is 5.91 Å². The quantitative estimate of drug-likeness (QED) is 0.886. The lowest BCUT2D eigenvalue weighted by Gasteiger charge is -2.23. The van der Waals surface area contributed by atoms with Gasteiger partial charge in [-0.25, -0.2) is 8.42 Å². The molecule has 0 saturated heterocycles. The molecule has 132 valence electrons. The third-order valence-corrected chi connectivity index (χ3v) is 7.30. The number of para-hydroxylation sites is 1. The van der Waals surface area contributed by atoms with Gasteiger partial charge in [-0.15, -0.1) is 11.8 Å². The number of hydrogen-bond donors (Lipinski definition) is 1. The van der Waals surface area contributed by atoms with Gasteiger partial charge >= 0.3 is 0 Å². The minimum absolute atomic E-state index is 0.0868. The Kier molecular flexibility index (Phi) is 5.06. The van der Waals surface area contributed by atoms with Crippen LogP contribution < -0.4 is 9.62 Å². The highest BCUT2D eigenvalue weighted by Gasteiger charge is 2.26. The first kappa shape index (κ1) is 17.8. The van der Waals surface area contributed by atoms with E-state index in [0.717, 1.165) is 4.90 Å². The zero-order chi connectivity index (χ0) is 18.0. The third kappa shape index (κ3) is 3.52. The Hall–Kier alpha value is -1.99. The van der Waals surface area contributed by atoms with Crippen molar-refractivity contribution in [3.63, 3.8) is 0 Å². The summed E-state index contributed by atoms with van der Waals surface area (Å²) in [5.74, 6) is 0.473. The Morgan fingerprint density at radius 1 is 1.20 bits per heavy atom. The van der Waals surface area contributed by atoms with Gasteiger partial charge in [0.15, 0.2) is 0 Å². The molecule has 0 bridgehead atoms. The second-order valence-corrected chi connectivity index (χ2v) is 8.79. The number of benzene rings is 2. The van der Waals surface area contributed by atoms with Crippen LogP contribution in [0.4, 0.5) is 11.4 Å². The summed E-state index contributed by atoms with van der Waals surface area (Å²) in [6.07, 6.45) is 0. The fraction of sp³-hybridized carbons (Fsp3) is 0.278. The highest BCUT2D eigenvalue weighted by molar-refractivity contribution is 7.99. The lowest BCUT2D eigenvalue weighted by atomic mass is 10.2. The van der Waals surface area contributed by atoms with E-state index in [9.17, 15) is 13.2 Å². The van der Waals surface area contributed by atoms with Crippen molar-refractivity contribution in [2.75, 3.05) is 21.9 Å². The molecule has 1 atom stereocenters. The predicted octanol–water partition coefficient (Wildman–Crippen LogP) is 3.58. The molecule has 1 unspecified atom stereocenters. The Morgan fingerprint density at radius 3 is 2.60 bits per heavy atom. The van der Waals surface area contributed by atoms with Crippen LogP contribution in [0.25, 0.3) is 0 Å². The van der Waals surface area contributed by atoms with Gasteiger partial charge in [0.25, 0.3) is 10.0 Å². The fourth-order valence-electron chi connectivity index (χ4n) is 2.65. The van der Waals surface area contributed by atoms with Gasteiger partial charge in [-0.3, -0.25) is 9.10 Å². The molecule has 1 N–H and O–H groups in total. The van der Waals surface area contributed by atoms with Crippen molar-refractivity contribution in [2.45, 2.75) is 23.6 Å². The standard InChI is InChI=1S/C18H20N2O3S2/c1-3-20(14-7-5-4-6-8-14)25(22,23)15-9-10-17-16(11-15)19-18(21)13(2)12-24-17/h4-11,13H,3,12H2,1-2H3,(H,19,21). The van der Waals surface area contributed by atoms with Crippen molar-refractivity contribution in [2.24, 2.45) is 5.92 Å². The van der Waals surface area contributed by atoms with E-state index in [-0.39, 0.29) is 16.7 Å². The van der Waals surface area contributed by atoms with Crippen LogP contribution in [0.1, 0.15) is 13.8 Å². The van der Waals surface area contributed by atoms with Crippen LogP contribution >= 0.6 is 11.8 Å². The zero-order valence-electron chi connectivity index (χ0n) is 14.1. The van der Waals surface area contributed by atoms with Gasteiger partial charge in [0.05, 0.1) is 16.3 Å². The Morgan fingerprint density at radius 2 is 1.92 bits per heavy atom. The second-order valence-electron chi connectivity index (χ2n) is 5.86. The molecule has 0 spiro atoms. The van der Waals surface area contributed by atoms with E-state index < -0.39 is 10.0 Å². The summed E-state index contributed by atoms with van der Waals surface area (Å²) in [6.45, 7) is 3.98. The lowest BCUT2D eigenvalue weighted by Crippen LogP contribution is -2.30. The van der Waals surface area contributed by atoms with Crippen LogP contribution in [0.3, 0.4) is 0 Å². The topological polar surface area (TPSA) is 66.5 Å². The van der Waals surface area contributed by atoms with Gasteiger partial charge in [0, 0.05) is 23.1 Å². The summed E-state index contributed by atoms with van der Waals surface area (Å²) in [5.41, 5.74) is 1.18. The molecule has 1 aliphatic rings. The van der Waals surface area contributed by atoms with E-state index in [2.05, 4.69) is 5.32 Å². The molecule has 2 aromatic carbocycles. The molecule has 2 aromatic rings. The van der Waals surface area contributed by atoms with Crippen LogP contribution in [-0.4, -0.2) is 26.6 Å². The molecule has 1 amide bonds. The van der Waals surface area contributed by atoms with Crippen LogP contribution in [0.2, 0.25) is 0 Å². The average molecular weight is 377 g/mol. The van der Waals surface area contributed by atoms with E-state index in [1.165, 1.54) is 4.31 Å². The van der Waals surface area contributed by atoms with Crippen LogP contribution in [-0.2, 0) is 14.8 Å². The third-order valence-electron chi connectivity index (χ3n) is 4.06. The molecule has 0 fully saturated rings. The number of thioether (sulfide) groups is 1. The molecule has 3 rings (SSSR count). The van der Waals surface area contributed by atoms with Crippen molar-refractivity contribution >= 4 is 39.1 Å². The van der Waals surface area contributed by atoms with Crippen molar-refractivity contribution in [3.05, 3.63) is 48.5 Å². The number of amides is 1. The van der Waals surface area contributed by atoms with Crippen molar-refractivity contribution in [3.8, 4) is 0 Å². The van der Waals surface area contributed by atoms with Crippen molar-refractivity contribution < 1.29 is 13.2 Å². The highest BCUT2D eigenvalue weighted by Crippen LogP contribution is 2.35. The number of nitrogens with one attached hydrogen (secondary N) is 1. The van der Waals surface area contributed by atoms with E-state index in [1.807, 2.05) is 25.1 Å². The van der Waals surface area contributed by atoms with Gasteiger partial charge in [-0.1, -0.05) is 25.1 Å². The monoisotopic (exact) mass is 376 g/mol. The van der Waals surface area contributed by atoms with Gasteiger partial charge in [-0.2, -0.15) is 0 Å². The highest BCUT2D eigenvalue weighted by atomic mass is 32.2. The minimum Gasteiger partial charge on any atom is -0.325 e. The molecule has 0 saturated carbocycles. The summed E-state index contributed by atoms with van der Waals surface area (Å²) >= 11 is 1.56. The maximum atomic E-state index is 13.1. The number of carbonyl (C=O) groups excluding carboxylic acids is 1. The number of hydrogen-bond acceptors (Lipinski definition) is 4. The Labute approximate surface area is 152 Å². The molecule has 1 aliphatic heterocycles. The molecule has 0 radical (unpaired) electrons. The molecule has 0 aliphatic carbocycles. The molecule has 25 heavy (non-hydrogen) atoms. The molecule has 7 heteroatoms. The Balaban J connectivity index is 2.01. The van der Waals surface area contributed by atoms with Crippen molar-refractivity contribution in [1.82, 2.24) is 0 Å². The van der Waals surface area contributed by atoms with E-state index in [4.69, 9.17) is 0 Å². The minimum atomic E-state index is -3.71. The largest absolute Gasteiger partial charge is 0.325 e. The van der Waals surface area contributed by atoms with Crippen LogP contribution in [0, 0.1) is 5.92 Å². The summed E-state index contributed by atoms with van der Waals surface area (Å²) < 4.78 is 27.5. The van der Waals surface area contributed by atoms with Crippen molar-refractivity contribution in [1.29, 1.82) is 0 Å². The molecule has 0 aromatic heterocycles. The average Bonchev–Trinajstić information content (AvgIpc) is 2.74. The SMILES string of the molecule is CCN(c1ccccc1)S(=O)(=O)c1ccc2c(c1)NC(=O)C(C)CS2. The number of carbonyl (C=O) groups is 1.